The van der Waals surface area contributed by atoms with Crippen LogP contribution >= 0.6 is 11.6 Å². The van der Waals surface area contributed by atoms with Gasteiger partial charge in [0.2, 0.25) is 5.91 Å². The van der Waals surface area contributed by atoms with Crippen LogP contribution in [0.1, 0.15) is 18.9 Å². The first-order valence-corrected chi connectivity index (χ1v) is 7.26. The molecule has 1 aromatic carbocycles. The number of nitrogens with one attached hydrogen (secondary N) is 1. The van der Waals surface area contributed by atoms with Crippen LogP contribution in [0.5, 0.6) is 0 Å². The first-order chi connectivity index (χ1) is 9.51. The summed E-state index contributed by atoms with van der Waals surface area (Å²) in [5.74, 6) is 0.0776. The lowest BCUT2D eigenvalue weighted by Crippen LogP contribution is -2.38. The zero-order valence-electron chi connectivity index (χ0n) is 12.7. The number of anilines is 1. The molecule has 0 saturated carbocycles. The molecule has 5 heteroatoms. The minimum atomic E-state index is 0.0776. The van der Waals surface area contributed by atoms with Gasteiger partial charge in [-0.15, -0.1) is 0 Å². The molecule has 112 valence electrons. The molecular weight excluding hydrogens is 274 g/mol. The van der Waals surface area contributed by atoms with Crippen LogP contribution < -0.4 is 10.2 Å². The standard InChI is InChI=1S/C15H24ClN3O/c1-5-9-19(11-14(20)18(3)4)15-12(10-17-2)7-6-8-13(15)16/h6-8,17H,5,9-11H2,1-4H3. The number of amides is 1. The maximum atomic E-state index is 12.0. The van der Waals surface area contributed by atoms with Crippen LogP contribution in [0.25, 0.3) is 0 Å². The first-order valence-electron chi connectivity index (χ1n) is 6.88. The number of halogens is 1. The van der Waals surface area contributed by atoms with E-state index < -0.39 is 0 Å². The Morgan fingerprint density at radius 3 is 2.60 bits per heavy atom. The zero-order chi connectivity index (χ0) is 15.1. The summed E-state index contributed by atoms with van der Waals surface area (Å²) in [6.07, 6.45) is 0.963. The molecule has 1 N–H and O–H groups in total. The highest BCUT2D eigenvalue weighted by molar-refractivity contribution is 6.33. The molecule has 0 aromatic heterocycles. The lowest BCUT2D eigenvalue weighted by Gasteiger charge is -2.28. The second-order valence-electron chi connectivity index (χ2n) is 4.99. The van der Waals surface area contributed by atoms with Gasteiger partial charge in [-0.2, -0.15) is 0 Å². The Hall–Kier alpha value is -1.26. The normalized spacial score (nSPS) is 10.4. The molecule has 1 aromatic rings. The summed E-state index contributed by atoms with van der Waals surface area (Å²) in [5, 5.41) is 3.84. The van der Waals surface area contributed by atoms with Crippen molar-refractivity contribution in [3.63, 3.8) is 0 Å². The van der Waals surface area contributed by atoms with E-state index in [0.717, 1.165) is 30.8 Å². The van der Waals surface area contributed by atoms with Gasteiger partial charge in [0, 0.05) is 27.2 Å². The van der Waals surface area contributed by atoms with E-state index in [9.17, 15) is 4.79 Å². The van der Waals surface area contributed by atoms with Gasteiger partial charge in [0.25, 0.3) is 0 Å². The number of hydrogen-bond donors (Lipinski definition) is 1. The van der Waals surface area contributed by atoms with Gasteiger partial charge >= 0.3 is 0 Å². The fourth-order valence-corrected chi connectivity index (χ4v) is 2.41. The Morgan fingerprint density at radius 2 is 2.05 bits per heavy atom. The summed E-state index contributed by atoms with van der Waals surface area (Å²) >= 11 is 6.36. The monoisotopic (exact) mass is 297 g/mol. The zero-order valence-corrected chi connectivity index (χ0v) is 13.5. The van der Waals surface area contributed by atoms with Gasteiger partial charge in [0.1, 0.15) is 0 Å². The van der Waals surface area contributed by atoms with E-state index in [2.05, 4.69) is 17.1 Å². The smallest absolute Gasteiger partial charge is 0.241 e. The Balaban J connectivity index is 3.10. The summed E-state index contributed by atoms with van der Waals surface area (Å²) in [4.78, 5) is 15.7. The summed E-state index contributed by atoms with van der Waals surface area (Å²) in [6.45, 7) is 3.98. The molecule has 1 rings (SSSR count). The van der Waals surface area contributed by atoms with Crippen LogP contribution in [-0.4, -0.2) is 45.0 Å². The first kappa shape index (κ1) is 16.8. The third-order valence-corrected chi connectivity index (χ3v) is 3.38. The van der Waals surface area contributed by atoms with Crippen molar-refractivity contribution in [3.05, 3.63) is 28.8 Å². The van der Waals surface area contributed by atoms with Crippen molar-refractivity contribution in [2.75, 3.05) is 39.1 Å². The largest absolute Gasteiger partial charge is 0.361 e. The summed E-state index contributed by atoms with van der Waals surface area (Å²) < 4.78 is 0. The number of likely N-dealkylation sites (N-methyl/N-ethyl adjacent to an activating group) is 1. The third kappa shape index (κ3) is 4.39. The molecule has 0 aliphatic carbocycles. The lowest BCUT2D eigenvalue weighted by atomic mass is 10.1. The molecule has 0 radical (unpaired) electrons. The van der Waals surface area contributed by atoms with E-state index >= 15 is 0 Å². The average Bonchev–Trinajstić information content (AvgIpc) is 2.38. The van der Waals surface area contributed by atoms with E-state index in [-0.39, 0.29) is 5.91 Å². The summed E-state index contributed by atoms with van der Waals surface area (Å²) in [7, 11) is 5.45. The van der Waals surface area contributed by atoms with Gasteiger partial charge in [0.05, 0.1) is 17.3 Å². The number of carbonyl (C=O) groups is 1. The average molecular weight is 298 g/mol. The van der Waals surface area contributed by atoms with Crippen LogP contribution in [0.15, 0.2) is 18.2 Å². The van der Waals surface area contributed by atoms with Crippen LogP contribution in [-0.2, 0) is 11.3 Å². The van der Waals surface area contributed by atoms with Crippen molar-refractivity contribution in [2.45, 2.75) is 19.9 Å². The maximum absolute atomic E-state index is 12.0. The van der Waals surface area contributed by atoms with Gasteiger partial charge in [-0.1, -0.05) is 30.7 Å². The lowest BCUT2D eigenvalue weighted by molar-refractivity contribution is -0.127. The van der Waals surface area contributed by atoms with Crippen molar-refractivity contribution >= 4 is 23.2 Å². The summed E-state index contributed by atoms with van der Waals surface area (Å²) in [5.41, 5.74) is 2.07. The van der Waals surface area contributed by atoms with Crippen molar-refractivity contribution < 1.29 is 4.79 Å². The maximum Gasteiger partial charge on any atom is 0.241 e. The molecule has 4 nitrogen and oxygen atoms in total. The highest BCUT2D eigenvalue weighted by Gasteiger charge is 2.17. The number of carbonyl (C=O) groups excluding carboxylic acids is 1. The summed E-state index contributed by atoms with van der Waals surface area (Å²) in [6, 6.07) is 5.86. The van der Waals surface area contributed by atoms with Gasteiger partial charge in [-0.3, -0.25) is 4.79 Å². The van der Waals surface area contributed by atoms with Crippen molar-refractivity contribution in [1.29, 1.82) is 0 Å². The van der Waals surface area contributed by atoms with Gasteiger partial charge in [-0.25, -0.2) is 0 Å². The van der Waals surface area contributed by atoms with Crippen molar-refractivity contribution in [1.82, 2.24) is 10.2 Å². The Morgan fingerprint density at radius 1 is 1.35 bits per heavy atom. The number of benzene rings is 1. The predicted octanol–water partition coefficient (Wildman–Crippen LogP) is 2.36. The van der Waals surface area contributed by atoms with Gasteiger partial charge < -0.3 is 15.1 Å². The Labute approximate surface area is 126 Å². The molecule has 0 fully saturated rings. The molecule has 0 heterocycles. The Kier molecular flexibility index (Phi) is 6.82. The van der Waals surface area contributed by atoms with Crippen LogP contribution in [0.4, 0.5) is 5.69 Å². The number of nitrogens with zero attached hydrogens (tertiary/aromatic N) is 2. The number of hydrogen-bond acceptors (Lipinski definition) is 3. The number of rotatable bonds is 7. The van der Waals surface area contributed by atoms with Gasteiger partial charge in [0.15, 0.2) is 0 Å². The highest BCUT2D eigenvalue weighted by atomic mass is 35.5. The third-order valence-electron chi connectivity index (χ3n) is 3.07. The number of para-hydroxylation sites is 1. The molecule has 20 heavy (non-hydrogen) atoms. The van der Waals surface area contributed by atoms with Crippen LogP contribution in [0.3, 0.4) is 0 Å². The molecule has 0 unspecified atom stereocenters. The molecular formula is C15H24ClN3O. The van der Waals surface area contributed by atoms with E-state index in [1.54, 1.807) is 19.0 Å². The highest BCUT2D eigenvalue weighted by Crippen LogP contribution is 2.30. The fourth-order valence-electron chi connectivity index (χ4n) is 2.09. The van der Waals surface area contributed by atoms with E-state index in [1.807, 2.05) is 25.2 Å². The van der Waals surface area contributed by atoms with E-state index in [1.165, 1.54) is 0 Å². The molecule has 0 saturated heterocycles. The van der Waals surface area contributed by atoms with Crippen LogP contribution in [0.2, 0.25) is 5.02 Å². The topological polar surface area (TPSA) is 35.6 Å². The molecule has 0 bridgehead atoms. The molecule has 0 spiro atoms. The van der Waals surface area contributed by atoms with Crippen LogP contribution in [0, 0.1) is 0 Å². The minimum absolute atomic E-state index is 0.0776. The second kappa shape index (κ2) is 8.12. The SMILES string of the molecule is CCCN(CC(=O)N(C)C)c1c(Cl)cccc1CNC. The Bertz CT molecular complexity index is 449. The molecule has 1 amide bonds. The van der Waals surface area contributed by atoms with E-state index in [4.69, 9.17) is 11.6 Å². The van der Waals surface area contributed by atoms with Gasteiger partial charge in [-0.05, 0) is 25.1 Å². The minimum Gasteiger partial charge on any atom is -0.361 e. The predicted molar refractivity (Wildman–Crippen MR) is 85.4 cm³/mol. The fraction of sp³-hybridized carbons (Fsp3) is 0.533. The molecule has 0 aliphatic rings. The van der Waals surface area contributed by atoms with Crippen molar-refractivity contribution in [3.8, 4) is 0 Å². The second-order valence-corrected chi connectivity index (χ2v) is 5.39. The molecule has 0 aliphatic heterocycles. The quantitative estimate of drug-likeness (QED) is 0.839. The van der Waals surface area contributed by atoms with E-state index in [0.29, 0.717) is 11.6 Å². The molecule has 0 atom stereocenters. The van der Waals surface area contributed by atoms with Crippen molar-refractivity contribution in [2.24, 2.45) is 0 Å².